The van der Waals surface area contributed by atoms with Gasteiger partial charge in [0.1, 0.15) is 6.04 Å². The summed E-state index contributed by atoms with van der Waals surface area (Å²) in [4.78, 5) is 29.0. The largest absolute Gasteiger partial charge is 0.354 e. The molecule has 0 aliphatic heterocycles. The number of hydrogen-bond acceptors (Lipinski definition) is 4. The molecule has 0 bridgehead atoms. The van der Waals surface area contributed by atoms with Crippen LogP contribution in [0.4, 0.5) is 5.69 Å². The third-order valence-electron chi connectivity index (χ3n) is 6.56. The summed E-state index contributed by atoms with van der Waals surface area (Å²) >= 11 is 3.46. The highest BCUT2D eigenvalue weighted by molar-refractivity contribution is 9.10. The highest BCUT2D eigenvalue weighted by atomic mass is 79.9. The Morgan fingerprint density at radius 1 is 0.875 bits per heavy atom. The monoisotopic (exact) mass is 627 g/mol. The van der Waals surface area contributed by atoms with E-state index in [1.165, 1.54) is 4.31 Å². The molecule has 0 aliphatic carbocycles. The Labute approximate surface area is 246 Å². The summed E-state index contributed by atoms with van der Waals surface area (Å²) in [6, 6.07) is 25.5. The van der Waals surface area contributed by atoms with Gasteiger partial charge in [-0.2, -0.15) is 0 Å². The van der Waals surface area contributed by atoms with E-state index in [9.17, 15) is 18.0 Å². The molecule has 40 heavy (non-hydrogen) atoms. The maximum Gasteiger partial charge on any atom is 0.243 e. The molecule has 0 saturated carbocycles. The molecule has 0 fully saturated rings. The van der Waals surface area contributed by atoms with E-state index in [4.69, 9.17) is 0 Å². The van der Waals surface area contributed by atoms with Gasteiger partial charge >= 0.3 is 0 Å². The van der Waals surface area contributed by atoms with E-state index in [1.54, 1.807) is 29.2 Å². The third-order valence-corrected chi connectivity index (χ3v) is 8.29. The summed E-state index contributed by atoms with van der Waals surface area (Å²) in [5.74, 6) is -0.388. The summed E-state index contributed by atoms with van der Waals surface area (Å²) in [6.45, 7) is 3.03. The fourth-order valence-corrected chi connectivity index (χ4v) is 5.67. The van der Waals surface area contributed by atoms with E-state index in [0.717, 1.165) is 34.7 Å². The number of hydrogen-bond donors (Lipinski definition) is 1. The molecule has 0 aromatic heterocycles. The Balaban J connectivity index is 1.85. The number of halogens is 1. The van der Waals surface area contributed by atoms with Crippen molar-refractivity contribution in [1.82, 2.24) is 10.2 Å². The standard InChI is InChI=1S/C31H38BrN3O4S/c1-3-4-21-33-31(37)29(23-25-12-7-5-8-13-25)34(24-26-17-19-27(32)20-18-26)30(36)16-11-22-35(40(2,38)39)28-14-9-6-10-15-28/h5-10,12-15,17-20,29H,3-4,11,16,21-24H2,1-2H3,(H,33,37). The number of nitrogens with one attached hydrogen (secondary N) is 1. The number of carbonyl (C=O) groups excluding carboxylic acids is 2. The van der Waals surface area contributed by atoms with Gasteiger partial charge in [-0.05, 0) is 48.2 Å². The van der Waals surface area contributed by atoms with Gasteiger partial charge < -0.3 is 10.2 Å². The highest BCUT2D eigenvalue weighted by Gasteiger charge is 2.30. The summed E-state index contributed by atoms with van der Waals surface area (Å²) in [7, 11) is -3.53. The molecule has 3 aromatic rings. The van der Waals surface area contributed by atoms with E-state index >= 15 is 0 Å². The first-order chi connectivity index (χ1) is 19.2. The van der Waals surface area contributed by atoms with Crippen molar-refractivity contribution in [2.24, 2.45) is 0 Å². The number of para-hydroxylation sites is 1. The number of amides is 2. The minimum atomic E-state index is -3.53. The topological polar surface area (TPSA) is 86.8 Å². The van der Waals surface area contributed by atoms with Crippen molar-refractivity contribution in [2.75, 3.05) is 23.7 Å². The molecule has 0 spiro atoms. The van der Waals surface area contributed by atoms with Crippen molar-refractivity contribution in [1.29, 1.82) is 0 Å². The number of anilines is 1. The molecule has 1 unspecified atom stereocenters. The second-order valence-electron chi connectivity index (χ2n) is 9.77. The highest BCUT2D eigenvalue weighted by Crippen LogP contribution is 2.20. The average Bonchev–Trinajstić information content (AvgIpc) is 2.94. The first kappa shape index (κ1) is 31.4. The molecule has 7 nitrogen and oxygen atoms in total. The molecule has 3 rings (SSSR count). The van der Waals surface area contributed by atoms with E-state index < -0.39 is 16.1 Å². The van der Waals surface area contributed by atoms with Gasteiger partial charge in [-0.3, -0.25) is 13.9 Å². The van der Waals surface area contributed by atoms with Crippen LogP contribution < -0.4 is 9.62 Å². The van der Waals surface area contributed by atoms with Crippen molar-refractivity contribution in [2.45, 2.75) is 51.6 Å². The molecular formula is C31H38BrN3O4S. The van der Waals surface area contributed by atoms with Crippen molar-refractivity contribution in [3.8, 4) is 0 Å². The molecule has 2 amide bonds. The van der Waals surface area contributed by atoms with Crippen molar-refractivity contribution < 1.29 is 18.0 Å². The van der Waals surface area contributed by atoms with Crippen LogP contribution in [0, 0.1) is 0 Å². The number of sulfonamides is 1. The maximum absolute atomic E-state index is 13.8. The Morgan fingerprint density at radius 2 is 1.50 bits per heavy atom. The maximum atomic E-state index is 13.8. The van der Waals surface area contributed by atoms with Gasteiger partial charge in [0.25, 0.3) is 0 Å². The van der Waals surface area contributed by atoms with Crippen LogP contribution in [0.15, 0.2) is 89.4 Å². The third kappa shape index (κ3) is 9.78. The average molecular weight is 629 g/mol. The summed E-state index contributed by atoms with van der Waals surface area (Å²) < 4.78 is 27.3. The van der Waals surface area contributed by atoms with Crippen LogP contribution in [0.3, 0.4) is 0 Å². The summed E-state index contributed by atoms with van der Waals surface area (Å²) in [5.41, 5.74) is 2.42. The second kappa shape index (κ2) is 15.6. The second-order valence-corrected chi connectivity index (χ2v) is 12.6. The van der Waals surface area contributed by atoms with Crippen LogP contribution in [-0.2, 0) is 32.6 Å². The Hall–Kier alpha value is -3.17. The van der Waals surface area contributed by atoms with Gasteiger partial charge in [0.15, 0.2) is 0 Å². The number of unbranched alkanes of at least 4 members (excludes halogenated alkanes) is 1. The van der Waals surface area contributed by atoms with E-state index in [2.05, 4.69) is 28.2 Å². The number of carbonyl (C=O) groups is 2. The molecule has 1 N–H and O–H groups in total. The Bertz CT molecular complexity index is 1320. The lowest BCUT2D eigenvalue weighted by Gasteiger charge is -2.32. The number of rotatable bonds is 15. The normalized spacial score (nSPS) is 12.0. The molecule has 0 aliphatic rings. The predicted octanol–water partition coefficient (Wildman–Crippen LogP) is 5.55. The van der Waals surface area contributed by atoms with Gasteiger partial charge in [-0.1, -0.05) is 89.9 Å². The molecule has 214 valence electrons. The van der Waals surface area contributed by atoms with Gasteiger partial charge in [-0.25, -0.2) is 8.42 Å². The lowest BCUT2D eigenvalue weighted by atomic mass is 10.0. The number of benzene rings is 3. The van der Waals surface area contributed by atoms with Crippen molar-refractivity contribution in [3.05, 3.63) is 101 Å². The van der Waals surface area contributed by atoms with Gasteiger partial charge in [-0.15, -0.1) is 0 Å². The van der Waals surface area contributed by atoms with Crippen molar-refractivity contribution >= 4 is 43.5 Å². The fourth-order valence-electron chi connectivity index (χ4n) is 4.44. The van der Waals surface area contributed by atoms with Crippen molar-refractivity contribution in [3.63, 3.8) is 0 Å². The van der Waals surface area contributed by atoms with Crippen LogP contribution in [0.5, 0.6) is 0 Å². The van der Waals surface area contributed by atoms with Crippen LogP contribution in [0.1, 0.15) is 43.7 Å². The molecule has 0 heterocycles. The quantitative estimate of drug-likeness (QED) is 0.224. The van der Waals surface area contributed by atoms with E-state index in [0.29, 0.717) is 25.1 Å². The number of nitrogens with zero attached hydrogens (tertiary/aromatic N) is 2. The molecule has 3 aromatic carbocycles. The van der Waals surface area contributed by atoms with E-state index in [1.807, 2.05) is 60.7 Å². The smallest absolute Gasteiger partial charge is 0.243 e. The SMILES string of the molecule is CCCCNC(=O)C(Cc1ccccc1)N(Cc1ccc(Br)cc1)C(=O)CCCN(c1ccccc1)S(C)(=O)=O. The minimum Gasteiger partial charge on any atom is -0.354 e. The van der Waals surface area contributed by atoms with E-state index in [-0.39, 0.29) is 31.3 Å². The Morgan fingerprint density at radius 3 is 2.10 bits per heavy atom. The zero-order valence-corrected chi connectivity index (χ0v) is 25.5. The first-order valence-electron chi connectivity index (χ1n) is 13.6. The lowest BCUT2D eigenvalue weighted by molar-refractivity contribution is -0.141. The molecule has 0 saturated heterocycles. The van der Waals surface area contributed by atoms with Gasteiger partial charge in [0.05, 0.1) is 11.9 Å². The van der Waals surface area contributed by atoms with Crippen LogP contribution in [0.2, 0.25) is 0 Å². The lowest BCUT2D eigenvalue weighted by Crippen LogP contribution is -2.50. The minimum absolute atomic E-state index is 0.100. The molecule has 0 radical (unpaired) electrons. The molecule has 1 atom stereocenters. The summed E-state index contributed by atoms with van der Waals surface area (Å²) in [5, 5.41) is 3.02. The van der Waals surface area contributed by atoms with Crippen LogP contribution >= 0.6 is 15.9 Å². The van der Waals surface area contributed by atoms with Gasteiger partial charge in [0.2, 0.25) is 21.8 Å². The van der Waals surface area contributed by atoms with Crippen LogP contribution in [0.25, 0.3) is 0 Å². The van der Waals surface area contributed by atoms with Crippen LogP contribution in [-0.4, -0.2) is 50.5 Å². The Kier molecular flexibility index (Phi) is 12.2. The summed E-state index contributed by atoms with van der Waals surface area (Å²) in [6.07, 6.45) is 3.75. The predicted molar refractivity (Wildman–Crippen MR) is 164 cm³/mol. The zero-order chi connectivity index (χ0) is 29.0. The van der Waals surface area contributed by atoms with Gasteiger partial charge in [0, 0.05) is 36.9 Å². The molecule has 9 heteroatoms. The first-order valence-corrected chi connectivity index (χ1v) is 16.2. The molecular weight excluding hydrogens is 590 g/mol. The fraction of sp³-hybridized carbons (Fsp3) is 0.355. The zero-order valence-electron chi connectivity index (χ0n) is 23.1.